The number of nitrogens with zero attached hydrogens (tertiary/aromatic N) is 2. The Labute approximate surface area is 185 Å². The number of methoxy groups -OCH3 is 2. The first-order valence-corrected chi connectivity index (χ1v) is 11.3. The van der Waals surface area contributed by atoms with Crippen LogP contribution >= 0.6 is 0 Å². The second-order valence-corrected chi connectivity index (χ2v) is 9.16. The molecular formula is C21H25F3N2O5S. The van der Waals surface area contributed by atoms with E-state index < -0.39 is 16.4 Å². The maximum absolute atomic E-state index is 13.2. The van der Waals surface area contributed by atoms with Crippen molar-refractivity contribution in [2.45, 2.75) is 24.2 Å². The first kappa shape index (κ1) is 24.1. The van der Waals surface area contributed by atoms with Crippen molar-refractivity contribution in [3.63, 3.8) is 0 Å². The van der Waals surface area contributed by atoms with Gasteiger partial charge in [-0.25, -0.2) is 8.42 Å². The van der Waals surface area contributed by atoms with E-state index in [1.54, 1.807) is 24.3 Å². The minimum atomic E-state index is -4.74. The summed E-state index contributed by atoms with van der Waals surface area (Å²) in [5.41, 5.74) is 0.810. The number of piperazine rings is 1. The van der Waals surface area contributed by atoms with E-state index in [-0.39, 0.29) is 35.5 Å². The molecular weight excluding hydrogens is 449 g/mol. The molecule has 3 rings (SSSR count). The Bertz CT molecular complexity index is 1020. The summed E-state index contributed by atoms with van der Waals surface area (Å²) >= 11 is 0. The molecule has 0 aliphatic carbocycles. The van der Waals surface area contributed by atoms with Crippen molar-refractivity contribution in [1.82, 2.24) is 9.21 Å². The summed E-state index contributed by atoms with van der Waals surface area (Å²) in [6.45, 7) is 3.39. The van der Waals surface area contributed by atoms with Gasteiger partial charge in [0.05, 0.1) is 14.2 Å². The molecule has 1 aliphatic heterocycles. The lowest BCUT2D eigenvalue weighted by molar-refractivity contribution is -0.274. The number of ether oxygens (including phenoxy) is 3. The van der Waals surface area contributed by atoms with Gasteiger partial charge in [0.15, 0.2) is 0 Å². The molecule has 0 amide bonds. The lowest BCUT2D eigenvalue weighted by atomic mass is 10.1. The highest BCUT2D eigenvalue weighted by Crippen LogP contribution is 2.32. The second-order valence-electron chi connectivity index (χ2n) is 7.25. The molecule has 0 saturated carbocycles. The van der Waals surface area contributed by atoms with Crippen molar-refractivity contribution in [1.29, 1.82) is 0 Å². The topological polar surface area (TPSA) is 68.3 Å². The highest BCUT2D eigenvalue weighted by Gasteiger charge is 2.33. The summed E-state index contributed by atoms with van der Waals surface area (Å²) in [4.78, 5) is 2.12. The fourth-order valence-corrected chi connectivity index (χ4v) is 5.21. The molecule has 7 nitrogen and oxygen atoms in total. The summed E-state index contributed by atoms with van der Waals surface area (Å²) in [5, 5.41) is 0. The number of hydrogen-bond donors (Lipinski definition) is 0. The molecule has 0 N–H and O–H groups in total. The molecule has 176 valence electrons. The number of halogens is 3. The zero-order chi connectivity index (χ0) is 23.5. The Balaban J connectivity index is 1.68. The van der Waals surface area contributed by atoms with Gasteiger partial charge in [0.2, 0.25) is 10.0 Å². The van der Waals surface area contributed by atoms with Crippen LogP contribution in [0, 0.1) is 0 Å². The predicted octanol–water partition coefficient (Wildman–Crippen LogP) is 3.67. The van der Waals surface area contributed by atoms with Crippen molar-refractivity contribution in [2.75, 3.05) is 40.4 Å². The van der Waals surface area contributed by atoms with Gasteiger partial charge in [-0.05, 0) is 36.8 Å². The number of rotatable bonds is 7. The van der Waals surface area contributed by atoms with Gasteiger partial charge in [-0.1, -0.05) is 12.1 Å². The smallest absolute Gasteiger partial charge is 0.497 e. The average molecular weight is 475 g/mol. The van der Waals surface area contributed by atoms with Crippen molar-refractivity contribution < 1.29 is 35.8 Å². The SMILES string of the molecule is COc1ccc(OC)c(S(=O)(=O)N2CCN(C(C)c3ccc(OC(F)(F)F)cc3)CC2)c1. The fraction of sp³-hybridized carbons (Fsp3) is 0.429. The number of alkyl halides is 3. The molecule has 2 aromatic rings. The Kier molecular flexibility index (Phi) is 7.21. The van der Waals surface area contributed by atoms with Crippen LogP contribution in [0.5, 0.6) is 17.2 Å². The van der Waals surface area contributed by atoms with Gasteiger partial charge in [0.1, 0.15) is 22.1 Å². The van der Waals surface area contributed by atoms with Crippen LogP contribution in [0.4, 0.5) is 13.2 Å². The molecule has 0 bridgehead atoms. The van der Waals surface area contributed by atoms with Gasteiger partial charge in [-0.2, -0.15) is 4.31 Å². The van der Waals surface area contributed by atoms with Gasteiger partial charge in [0, 0.05) is 38.3 Å². The largest absolute Gasteiger partial charge is 0.573 e. The molecule has 2 aromatic carbocycles. The molecule has 1 unspecified atom stereocenters. The van der Waals surface area contributed by atoms with Crippen LogP contribution in [-0.4, -0.2) is 64.4 Å². The standard InChI is InChI=1S/C21H25F3N2O5S/c1-15(16-4-6-17(7-5-16)31-21(22,23)24)25-10-12-26(13-11-25)32(27,28)20-14-18(29-2)8-9-19(20)30-3/h4-9,14-15H,10-13H2,1-3H3. The van der Waals surface area contributed by atoms with Crippen molar-refractivity contribution in [3.8, 4) is 17.2 Å². The zero-order valence-electron chi connectivity index (χ0n) is 17.9. The Morgan fingerprint density at radius 2 is 1.50 bits per heavy atom. The van der Waals surface area contributed by atoms with Gasteiger partial charge in [-0.15, -0.1) is 13.2 Å². The van der Waals surface area contributed by atoms with Crippen molar-refractivity contribution in [3.05, 3.63) is 48.0 Å². The predicted molar refractivity (Wildman–Crippen MR) is 111 cm³/mol. The van der Waals surface area contributed by atoms with E-state index in [4.69, 9.17) is 9.47 Å². The number of benzene rings is 2. The molecule has 11 heteroatoms. The van der Waals surface area contributed by atoms with Crippen LogP contribution in [-0.2, 0) is 10.0 Å². The number of sulfonamides is 1. The lowest BCUT2D eigenvalue weighted by Gasteiger charge is -2.37. The summed E-state index contributed by atoms with van der Waals surface area (Å²) in [5.74, 6) is 0.369. The van der Waals surface area contributed by atoms with E-state index in [0.29, 0.717) is 18.8 Å². The average Bonchev–Trinajstić information content (AvgIpc) is 2.77. The minimum absolute atomic E-state index is 0.0427. The van der Waals surface area contributed by atoms with E-state index in [1.807, 2.05) is 6.92 Å². The highest BCUT2D eigenvalue weighted by atomic mass is 32.2. The van der Waals surface area contributed by atoms with Crippen LogP contribution in [0.3, 0.4) is 0 Å². The Morgan fingerprint density at radius 3 is 2.03 bits per heavy atom. The number of hydrogen-bond acceptors (Lipinski definition) is 6. The van der Waals surface area contributed by atoms with Crippen LogP contribution in [0.15, 0.2) is 47.4 Å². The quantitative estimate of drug-likeness (QED) is 0.610. The van der Waals surface area contributed by atoms with E-state index in [2.05, 4.69) is 9.64 Å². The third-order valence-electron chi connectivity index (χ3n) is 5.41. The summed E-state index contributed by atoms with van der Waals surface area (Å²) in [6.07, 6.45) is -4.74. The van der Waals surface area contributed by atoms with Gasteiger partial charge < -0.3 is 14.2 Å². The van der Waals surface area contributed by atoms with E-state index in [9.17, 15) is 21.6 Å². The van der Waals surface area contributed by atoms with E-state index in [0.717, 1.165) is 5.56 Å². The van der Waals surface area contributed by atoms with Crippen LogP contribution < -0.4 is 14.2 Å². The molecule has 0 spiro atoms. The molecule has 1 saturated heterocycles. The van der Waals surface area contributed by atoms with Crippen LogP contribution in [0.1, 0.15) is 18.5 Å². The molecule has 32 heavy (non-hydrogen) atoms. The van der Waals surface area contributed by atoms with Gasteiger partial charge >= 0.3 is 6.36 Å². The molecule has 1 fully saturated rings. The monoisotopic (exact) mass is 474 g/mol. The third kappa shape index (κ3) is 5.45. The maximum Gasteiger partial charge on any atom is 0.573 e. The van der Waals surface area contributed by atoms with Gasteiger partial charge in [0.25, 0.3) is 0 Å². The Morgan fingerprint density at radius 1 is 0.906 bits per heavy atom. The highest BCUT2D eigenvalue weighted by molar-refractivity contribution is 7.89. The van der Waals surface area contributed by atoms with Crippen LogP contribution in [0.25, 0.3) is 0 Å². The van der Waals surface area contributed by atoms with Crippen molar-refractivity contribution in [2.24, 2.45) is 0 Å². The zero-order valence-corrected chi connectivity index (χ0v) is 18.7. The van der Waals surface area contributed by atoms with Gasteiger partial charge in [-0.3, -0.25) is 4.90 Å². The summed E-state index contributed by atoms with van der Waals surface area (Å²) in [7, 11) is -0.929. The maximum atomic E-state index is 13.2. The normalized spacial score (nSPS) is 17.1. The van der Waals surface area contributed by atoms with Crippen molar-refractivity contribution >= 4 is 10.0 Å². The molecule has 1 heterocycles. The fourth-order valence-electron chi connectivity index (χ4n) is 3.61. The molecule has 0 radical (unpaired) electrons. The first-order chi connectivity index (χ1) is 15.0. The van der Waals surface area contributed by atoms with E-state index in [1.165, 1.54) is 36.7 Å². The molecule has 1 atom stereocenters. The Hall–Kier alpha value is -2.50. The summed E-state index contributed by atoms with van der Waals surface area (Å²) in [6, 6.07) is 10.2. The molecule has 1 aliphatic rings. The second kappa shape index (κ2) is 9.55. The third-order valence-corrected chi connectivity index (χ3v) is 7.33. The minimum Gasteiger partial charge on any atom is -0.497 e. The van der Waals surface area contributed by atoms with Crippen LogP contribution in [0.2, 0.25) is 0 Å². The first-order valence-electron chi connectivity index (χ1n) is 9.87. The lowest BCUT2D eigenvalue weighted by Crippen LogP contribution is -2.49. The molecule has 0 aromatic heterocycles. The summed E-state index contributed by atoms with van der Waals surface area (Å²) < 4.78 is 79.1. The van der Waals surface area contributed by atoms with E-state index >= 15 is 0 Å².